The molecule has 0 fully saturated rings. The van der Waals surface area contributed by atoms with Gasteiger partial charge in [0.2, 0.25) is 0 Å². The van der Waals surface area contributed by atoms with E-state index in [2.05, 4.69) is 0 Å². The molecule has 9 heavy (non-hydrogen) atoms. The molecule has 2 N–H and O–H groups in total. The molecule has 0 spiro atoms. The molecule has 0 saturated carbocycles. The summed E-state index contributed by atoms with van der Waals surface area (Å²) in [5, 5.41) is 15.6. The third-order valence-electron chi connectivity index (χ3n) is 0.925. The number of nitrogens with one attached hydrogen (secondary N) is 1. The van der Waals surface area contributed by atoms with Crippen LogP contribution in [0.5, 0.6) is 0 Å². The van der Waals surface area contributed by atoms with Crippen LogP contribution in [0.15, 0.2) is 0 Å². The summed E-state index contributed by atoms with van der Waals surface area (Å²) < 4.78 is 0. The Hall–Kier alpha value is -0.700. The van der Waals surface area contributed by atoms with Crippen molar-refractivity contribution in [2.45, 2.75) is 26.4 Å². The van der Waals surface area contributed by atoms with E-state index in [1.807, 2.05) is 0 Å². The highest BCUT2D eigenvalue weighted by Crippen LogP contribution is 1.91. The lowest BCUT2D eigenvalue weighted by atomic mass is 10.1. The molecule has 0 aromatic carbocycles. The Bertz CT molecular complexity index is 129. The van der Waals surface area contributed by atoms with Crippen molar-refractivity contribution in [3.05, 3.63) is 0 Å². The Labute approximate surface area is 54.2 Å². The Morgan fingerprint density at radius 1 is 1.78 bits per heavy atom. The SMILES string of the molecule is CC(=O)C(=N)CC(C)O. The molecular weight excluding hydrogens is 118 g/mol. The smallest absolute Gasteiger partial charge is 0.173 e. The minimum Gasteiger partial charge on any atom is -0.393 e. The number of carbonyl (C=O) groups is 1. The summed E-state index contributed by atoms with van der Waals surface area (Å²) in [6, 6.07) is 0. The van der Waals surface area contributed by atoms with Crippen molar-refractivity contribution in [1.29, 1.82) is 5.41 Å². The second-order valence-corrected chi connectivity index (χ2v) is 2.09. The number of carbonyl (C=O) groups excluding carboxylic acids is 1. The lowest BCUT2D eigenvalue weighted by molar-refractivity contribution is -0.111. The summed E-state index contributed by atoms with van der Waals surface area (Å²) >= 11 is 0. The molecule has 0 aromatic heterocycles. The van der Waals surface area contributed by atoms with Crippen molar-refractivity contribution in [2.75, 3.05) is 0 Å². The van der Waals surface area contributed by atoms with Gasteiger partial charge in [0, 0.05) is 13.3 Å². The van der Waals surface area contributed by atoms with Gasteiger partial charge in [0.05, 0.1) is 11.8 Å². The molecule has 0 bridgehead atoms. The van der Waals surface area contributed by atoms with E-state index in [9.17, 15) is 4.79 Å². The monoisotopic (exact) mass is 129 g/mol. The highest BCUT2D eigenvalue weighted by atomic mass is 16.3. The van der Waals surface area contributed by atoms with Gasteiger partial charge in [-0.05, 0) is 6.92 Å². The first-order valence-electron chi connectivity index (χ1n) is 2.80. The molecule has 0 aliphatic rings. The summed E-state index contributed by atoms with van der Waals surface area (Å²) in [6.07, 6.45) is -0.420. The summed E-state index contributed by atoms with van der Waals surface area (Å²) in [5.74, 6) is -0.268. The van der Waals surface area contributed by atoms with Crippen molar-refractivity contribution in [3.63, 3.8) is 0 Å². The van der Waals surface area contributed by atoms with Crippen LogP contribution in [0.3, 0.4) is 0 Å². The van der Waals surface area contributed by atoms with Gasteiger partial charge >= 0.3 is 0 Å². The molecule has 3 nitrogen and oxygen atoms in total. The molecule has 0 saturated heterocycles. The minimum atomic E-state index is -0.582. The Morgan fingerprint density at radius 3 is 2.33 bits per heavy atom. The van der Waals surface area contributed by atoms with Crippen molar-refractivity contribution >= 4 is 11.5 Å². The van der Waals surface area contributed by atoms with E-state index in [0.717, 1.165) is 0 Å². The Morgan fingerprint density at radius 2 is 2.22 bits per heavy atom. The van der Waals surface area contributed by atoms with Crippen LogP contribution in [0.1, 0.15) is 20.3 Å². The minimum absolute atomic E-state index is 0.00926. The molecule has 52 valence electrons. The van der Waals surface area contributed by atoms with E-state index < -0.39 is 6.10 Å². The van der Waals surface area contributed by atoms with E-state index in [0.29, 0.717) is 0 Å². The fourth-order valence-electron chi connectivity index (χ4n) is 0.439. The first kappa shape index (κ1) is 8.30. The van der Waals surface area contributed by atoms with Crippen LogP contribution in [-0.4, -0.2) is 22.7 Å². The molecule has 0 radical (unpaired) electrons. The summed E-state index contributed by atoms with van der Waals surface area (Å²) in [4.78, 5) is 10.3. The van der Waals surface area contributed by atoms with Gasteiger partial charge in [0.15, 0.2) is 5.78 Å². The molecule has 0 rings (SSSR count). The highest BCUT2D eigenvalue weighted by molar-refractivity contribution is 6.37. The standard InChI is InChI=1S/C6H11NO2/c1-4(8)3-6(7)5(2)9/h4,7-8H,3H2,1-2H3. The maximum Gasteiger partial charge on any atom is 0.173 e. The van der Waals surface area contributed by atoms with Crippen LogP contribution in [0.2, 0.25) is 0 Å². The second-order valence-electron chi connectivity index (χ2n) is 2.09. The lowest BCUT2D eigenvalue weighted by Gasteiger charge is -2.00. The third-order valence-corrected chi connectivity index (χ3v) is 0.925. The zero-order valence-corrected chi connectivity index (χ0v) is 5.64. The molecule has 0 amide bonds. The van der Waals surface area contributed by atoms with E-state index in [1.165, 1.54) is 6.92 Å². The van der Waals surface area contributed by atoms with E-state index in [4.69, 9.17) is 10.5 Å². The number of aliphatic hydroxyl groups excluding tert-OH is 1. The van der Waals surface area contributed by atoms with E-state index >= 15 is 0 Å². The maximum atomic E-state index is 10.3. The van der Waals surface area contributed by atoms with Crippen LogP contribution in [-0.2, 0) is 4.79 Å². The molecular formula is C6H11NO2. The molecule has 3 heteroatoms. The Kier molecular flexibility index (Phi) is 3.09. The van der Waals surface area contributed by atoms with Crippen LogP contribution >= 0.6 is 0 Å². The fourth-order valence-corrected chi connectivity index (χ4v) is 0.439. The Balaban J connectivity index is 3.65. The van der Waals surface area contributed by atoms with Crippen LogP contribution < -0.4 is 0 Å². The van der Waals surface area contributed by atoms with E-state index in [-0.39, 0.29) is 17.9 Å². The van der Waals surface area contributed by atoms with Gasteiger partial charge < -0.3 is 10.5 Å². The predicted octanol–water partition coefficient (Wildman–Crippen LogP) is 0.366. The number of Topliss-reactive ketones (excluding diaryl/α,β-unsaturated/α-hetero) is 1. The van der Waals surface area contributed by atoms with Crippen LogP contribution in [0.25, 0.3) is 0 Å². The maximum absolute atomic E-state index is 10.3. The van der Waals surface area contributed by atoms with Crippen LogP contribution in [0, 0.1) is 5.41 Å². The molecule has 1 unspecified atom stereocenters. The van der Waals surface area contributed by atoms with Gasteiger partial charge in [-0.2, -0.15) is 0 Å². The second kappa shape index (κ2) is 3.35. The lowest BCUT2D eigenvalue weighted by Crippen LogP contribution is -2.15. The topological polar surface area (TPSA) is 61.2 Å². The summed E-state index contributed by atoms with van der Waals surface area (Å²) in [7, 11) is 0. The van der Waals surface area contributed by atoms with Gasteiger partial charge in [-0.1, -0.05) is 0 Å². The van der Waals surface area contributed by atoms with Crippen LogP contribution in [0.4, 0.5) is 0 Å². The van der Waals surface area contributed by atoms with E-state index in [1.54, 1.807) is 6.92 Å². The average Bonchev–Trinajstić information content (AvgIpc) is 1.63. The average molecular weight is 129 g/mol. The van der Waals surface area contributed by atoms with Crippen molar-refractivity contribution in [2.24, 2.45) is 0 Å². The summed E-state index contributed by atoms with van der Waals surface area (Å²) in [5.41, 5.74) is -0.00926. The van der Waals surface area contributed by atoms with Crippen molar-refractivity contribution in [3.8, 4) is 0 Å². The highest BCUT2D eigenvalue weighted by Gasteiger charge is 2.05. The first-order chi connectivity index (χ1) is 4.04. The van der Waals surface area contributed by atoms with Gasteiger partial charge in [0.25, 0.3) is 0 Å². The van der Waals surface area contributed by atoms with Gasteiger partial charge in [-0.25, -0.2) is 0 Å². The quantitative estimate of drug-likeness (QED) is 0.541. The number of hydrogen-bond acceptors (Lipinski definition) is 3. The first-order valence-corrected chi connectivity index (χ1v) is 2.80. The third kappa shape index (κ3) is 3.85. The molecule has 0 aromatic rings. The normalized spacial score (nSPS) is 12.8. The molecule has 1 atom stereocenters. The zero-order chi connectivity index (χ0) is 7.44. The molecule has 0 aliphatic heterocycles. The number of hydrogen-bond donors (Lipinski definition) is 2. The largest absolute Gasteiger partial charge is 0.393 e. The van der Waals surface area contributed by atoms with Gasteiger partial charge in [0.1, 0.15) is 0 Å². The van der Waals surface area contributed by atoms with Gasteiger partial charge in [-0.3, -0.25) is 4.79 Å². The number of rotatable bonds is 3. The van der Waals surface area contributed by atoms with Gasteiger partial charge in [-0.15, -0.1) is 0 Å². The fraction of sp³-hybridized carbons (Fsp3) is 0.667. The summed E-state index contributed by atoms with van der Waals surface area (Å²) in [6.45, 7) is 2.88. The van der Waals surface area contributed by atoms with Crippen molar-refractivity contribution < 1.29 is 9.90 Å². The predicted molar refractivity (Wildman–Crippen MR) is 34.7 cm³/mol. The molecule has 0 aliphatic carbocycles. The number of aliphatic hydroxyl groups is 1. The number of ketones is 1. The zero-order valence-electron chi connectivity index (χ0n) is 5.64. The van der Waals surface area contributed by atoms with Crippen molar-refractivity contribution in [1.82, 2.24) is 0 Å². The molecule has 0 heterocycles.